The van der Waals surface area contributed by atoms with Gasteiger partial charge in [0.05, 0.1) is 11.4 Å². The van der Waals surface area contributed by atoms with Crippen LogP contribution >= 0.6 is 11.5 Å². The first-order valence-electron chi connectivity index (χ1n) is 11.7. The Kier molecular flexibility index (Phi) is 7.53. The van der Waals surface area contributed by atoms with E-state index in [4.69, 9.17) is 11.5 Å². The Labute approximate surface area is 216 Å². The first-order chi connectivity index (χ1) is 17.7. The smallest absolute Gasteiger partial charge is 0.273 e. The molecule has 0 bridgehead atoms. The number of nitrogens with zero attached hydrogens (tertiary/aromatic N) is 2. The molecule has 0 aliphatic heterocycles. The molecule has 4 rings (SSSR count). The second-order valence-electron chi connectivity index (χ2n) is 8.93. The SMILES string of the molecule is CC(C)CCNC(=O)C(c1c[nH]c2ccccc12)N(C(=O)c1snc(C(N)=O)c1N)c1ccccc1F. The number of benzene rings is 2. The number of anilines is 2. The first-order valence-corrected chi connectivity index (χ1v) is 12.4. The van der Waals surface area contributed by atoms with Crippen LogP contribution in [0.2, 0.25) is 0 Å². The number of aromatic nitrogens is 2. The van der Waals surface area contributed by atoms with Gasteiger partial charge in [0.2, 0.25) is 5.91 Å². The monoisotopic (exact) mass is 522 g/mol. The lowest BCUT2D eigenvalue weighted by Crippen LogP contribution is -2.44. The van der Waals surface area contributed by atoms with Crippen molar-refractivity contribution in [3.8, 4) is 0 Å². The van der Waals surface area contributed by atoms with Gasteiger partial charge in [-0.2, -0.15) is 4.37 Å². The summed E-state index contributed by atoms with van der Waals surface area (Å²) in [4.78, 5) is 43.6. The molecule has 0 saturated carbocycles. The molecule has 0 saturated heterocycles. The maximum Gasteiger partial charge on any atom is 0.273 e. The molecule has 0 spiro atoms. The third-order valence-electron chi connectivity index (χ3n) is 5.93. The number of fused-ring (bicyclic) bond motifs is 1. The Hall–Kier alpha value is -4.25. The molecule has 11 heteroatoms. The van der Waals surface area contributed by atoms with E-state index >= 15 is 4.39 Å². The number of nitrogen functional groups attached to an aromatic ring is 1. The fraction of sp³-hybridized carbons (Fsp3) is 0.231. The second-order valence-corrected chi connectivity index (χ2v) is 9.70. The van der Waals surface area contributed by atoms with Crippen LogP contribution in [0.4, 0.5) is 15.8 Å². The fourth-order valence-corrected chi connectivity index (χ4v) is 4.79. The lowest BCUT2D eigenvalue weighted by Gasteiger charge is -2.31. The van der Waals surface area contributed by atoms with Crippen molar-refractivity contribution in [1.29, 1.82) is 0 Å². The van der Waals surface area contributed by atoms with Crippen LogP contribution in [0.1, 0.15) is 52.0 Å². The number of hydrogen-bond donors (Lipinski definition) is 4. The highest BCUT2D eigenvalue weighted by atomic mass is 32.1. The van der Waals surface area contributed by atoms with E-state index in [9.17, 15) is 14.4 Å². The van der Waals surface area contributed by atoms with Gasteiger partial charge in [-0.25, -0.2) is 4.39 Å². The van der Waals surface area contributed by atoms with Crippen molar-refractivity contribution in [2.24, 2.45) is 11.7 Å². The standard InChI is InChI=1S/C26H27FN6O3S/c1-14(2)11-12-30-25(35)22(16-13-31-18-9-5-3-7-15(16)18)33(19-10-6-4-8-17(19)27)26(36)23-20(28)21(24(29)34)32-37-23/h3-10,13-14,22,31H,11-12,28H2,1-2H3,(H2,29,34)(H,30,35). The molecule has 0 aliphatic rings. The van der Waals surface area contributed by atoms with Gasteiger partial charge >= 0.3 is 0 Å². The Balaban J connectivity index is 1.91. The zero-order chi connectivity index (χ0) is 26.7. The first kappa shape index (κ1) is 25.8. The molecule has 0 radical (unpaired) electrons. The van der Waals surface area contributed by atoms with Gasteiger partial charge in [0.1, 0.15) is 16.7 Å². The van der Waals surface area contributed by atoms with Crippen LogP contribution in [-0.4, -0.2) is 33.6 Å². The summed E-state index contributed by atoms with van der Waals surface area (Å²) >= 11 is 0.664. The predicted octanol–water partition coefficient (Wildman–Crippen LogP) is 4.00. The van der Waals surface area contributed by atoms with Crippen molar-refractivity contribution in [3.05, 3.63) is 76.7 Å². The number of nitrogens with two attached hydrogens (primary N) is 2. The largest absolute Gasteiger partial charge is 0.395 e. The van der Waals surface area contributed by atoms with E-state index in [0.717, 1.165) is 10.4 Å². The molecule has 0 aliphatic carbocycles. The molecule has 192 valence electrons. The Morgan fingerprint density at radius 1 is 1.14 bits per heavy atom. The van der Waals surface area contributed by atoms with Crippen LogP contribution < -0.4 is 21.7 Å². The van der Waals surface area contributed by atoms with E-state index in [1.165, 1.54) is 18.2 Å². The van der Waals surface area contributed by atoms with Gasteiger partial charge in [0.25, 0.3) is 11.8 Å². The van der Waals surface area contributed by atoms with E-state index < -0.39 is 29.6 Å². The molecule has 2 heterocycles. The molecule has 9 nitrogen and oxygen atoms in total. The van der Waals surface area contributed by atoms with E-state index in [2.05, 4.69) is 14.7 Å². The summed E-state index contributed by atoms with van der Waals surface area (Å²) in [5.74, 6) is -2.57. The average molecular weight is 523 g/mol. The summed E-state index contributed by atoms with van der Waals surface area (Å²) in [5.41, 5.74) is 12.0. The lowest BCUT2D eigenvalue weighted by molar-refractivity contribution is -0.122. The highest BCUT2D eigenvalue weighted by Crippen LogP contribution is 2.36. The molecule has 1 unspecified atom stereocenters. The van der Waals surface area contributed by atoms with Crippen LogP contribution in [0.25, 0.3) is 10.9 Å². The summed E-state index contributed by atoms with van der Waals surface area (Å²) in [6.45, 7) is 4.42. The van der Waals surface area contributed by atoms with Crippen LogP contribution in [0.15, 0.2) is 54.7 Å². The van der Waals surface area contributed by atoms with E-state index in [1.54, 1.807) is 12.3 Å². The highest BCUT2D eigenvalue weighted by molar-refractivity contribution is 7.09. The zero-order valence-corrected chi connectivity index (χ0v) is 21.1. The molecule has 1 atom stereocenters. The van der Waals surface area contributed by atoms with Crippen LogP contribution in [0, 0.1) is 11.7 Å². The third kappa shape index (κ3) is 5.17. The minimum Gasteiger partial charge on any atom is -0.395 e. The van der Waals surface area contributed by atoms with Gasteiger partial charge in [-0.05, 0) is 42.1 Å². The number of rotatable bonds is 9. The van der Waals surface area contributed by atoms with Crippen molar-refractivity contribution in [2.75, 3.05) is 17.2 Å². The fourth-order valence-electron chi connectivity index (χ4n) is 4.05. The minimum atomic E-state index is -1.27. The van der Waals surface area contributed by atoms with Gasteiger partial charge in [0, 0.05) is 29.2 Å². The predicted molar refractivity (Wildman–Crippen MR) is 142 cm³/mol. The van der Waals surface area contributed by atoms with Crippen LogP contribution in [-0.2, 0) is 4.79 Å². The summed E-state index contributed by atoms with van der Waals surface area (Å²) in [6.07, 6.45) is 2.34. The van der Waals surface area contributed by atoms with Gasteiger partial charge in [0.15, 0.2) is 5.69 Å². The lowest BCUT2D eigenvalue weighted by atomic mass is 10.0. The molecule has 2 aromatic heterocycles. The minimum absolute atomic E-state index is 0.128. The molecular formula is C26H27FN6O3S. The van der Waals surface area contributed by atoms with Crippen molar-refractivity contribution in [3.63, 3.8) is 0 Å². The Morgan fingerprint density at radius 2 is 1.84 bits per heavy atom. The van der Waals surface area contributed by atoms with Gasteiger partial charge in [-0.3, -0.25) is 19.3 Å². The molecular weight excluding hydrogens is 495 g/mol. The molecule has 4 aromatic rings. The van der Waals surface area contributed by atoms with Crippen molar-refractivity contribution < 1.29 is 18.8 Å². The number of nitrogens with one attached hydrogen (secondary N) is 2. The molecule has 6 N–H and O–H groups in total. The quantitative estimate of drug-likeness (QED) is 0.262. The number of H-pyrrole nitrogens is 1. The van der Waals surface area contributed by atoms with E-state index in [-0.39, 0.29) is 21.9 Å². The number of carbonyl (C=O) groups excluding carboxylic acids is 3. The van der Waals surface area contributed by atoms with Crippen molar-refractivity contribution in [2.45, 2.75) is 26.3 Å². The normalized spacial score (nSPS) is 12.0. The van der Waals surface area contributed by atoms with Gasteiger partial charge in [-0.1, -0.05) is 44.2 Å². The van der Waals surface area contributed by atoms with Crippen LogP contribution in [0.5, 0.6) is 0 Å². The molecule has 37 heavy (non-hydrogen) atoms. The number of hydrogen-bond acceptors (Lipinski definition) is 6. The van der Waals surface area contributed by atoms with Crippen LogP contribution in [0.3, 0.4) is 0 Å². The summed E-state index contributed by atoms with van der Waals surface area (Å²) in [6, 6.07) is 11.7. The summed E-state index contributed by atoms with van der Waals surface area (Å²) in [7, 11) is 0. The summed E-state index contributed by atoms with van der Waals surface area (Å²) in [5, 5.41) is 3.58. The number of carbonyl (C=O) groups is 3. The molecule has 0 fully saturated rings. The molecule has 2 aromatic carbocycles. The number of amides is 3. The number of halogens is 1. The number of aromatic amines is 1. The second kappa shape index (κ2) is 10.8. The van der Waals surface area contributed by atoms with Crippen molar-refractivity contribution in [1.82, 2.24) is 14.7 Å². The summed E-state index contributed by atoms with van der Waals surface area (Å²) < 4.78 is 19.2. The molecule has 3 amide bonds. The maximum atomic E-state index is 15.2. The Bertz CT molecular complexity index is 1460. The topological polar surface area (TPSA) is 147 Å². The Morgan fingerprint density at radius 3 is 2.51 bits per heavy atom. The van der Waals surface area contributed by atoms with Crippen molar-refractivity contribution >= 4 is 51.5 Å². The maximum absolute atomic E-state index is 15.2. The number of para-hydroxylation sites is 2. The average Bonchev–Trinajstić information content (AvgIpc) is 3.46. The highest BCUT2D eigenvalue weighted by Gasteiger charge is 2.38. The van der Waals surface area contributed by atoms with E-state index in [1.807, 2.05) is 38.1 Å². The van der Waals surface area contributed by atoms with Gasteiger partial charge in [-0.15, -0.1) is 0 Å². The van der Waals surface area contributed by atoms with E-state index in [0.29, 0.717) is 41.4 Å². The number of primary amides is 1. The third-order valence-corrected chi connectivity index (χ3v) is 6.78. The zero-order valence-electron chi connectivity index (χ0n) is 20.3. The van der Waals surface area contributed by atoms with Gasteiger partial charge < -0.3 is 21.8 Å².